The largest absolute Gasteiger partial charge is 0.458 e. The molecule has 0 unspecified atom stereocenters. The van der Waals surface area contributed by atoms with Gasteiger partial charge < -0.3 is 20.1 Å². The van der Waals surface area contributed by atoms with Gasteiger partial charge in [-0.3, -0.25) is 4.79 Å². The molecular formula is C22H21N3O4. The van der Waals surface area contributed by atoms with Crippen molar-refractivity contribution in [2.75, 3.05) is 6.54 Å². The highest BCUT2D eigenvalue weighted by molar-refractivity contribution is 5.86. The van der Waals surface area contributed by atoms with Gasteiger partial charge >= 0.3 is 5.97 Å². The minimum Gasteiger partial charge on any atom is -0.458 e. The van der Waals surface area contributed by atoms with Crippen molar-refractivity contribution < 1.29 is 14.6 Å². The summed E-state index contributed by atoms with van der Waals surface area (Å²) in [6.07, 6.45) is 0.923. The van der Waals surface area contributed by atoms with E-state index in [0.717, 1.165) is 28.5 Å². The fourth-order valence-electron chi connectivity index (χ4n) is 4.36. The molecule has 0 amide bonds. The first-order chi connectivity index (χ1) is 14.0. The van der Waals surface area contributed by atoms with Crippen LogP contribution in [0.3, 0.4) is 0 Å². The predicted molar refractivity (Wildman–Crippen MR) is 107 cm³/mol. The zero-order valence-corrected chi connectivity index (χ0v) is 16.1. The van der Waals surface area contributed by atoms with Crippen molar-refractivity contribution in [3.05, 3.63) is 62.9 Å². The molecule has 4 heterocycles. The monoisotopic (exact) mass is 391 g/mol. The fraction of sp³-hybridized carbons (Fsp3) is 0.318. The van der Waals surface area contributed by atoms with Crippen molar-refractivity contribution in [2.24, 2.45) is 5.73 Å². The lowest BCUT2D eigenvalue weighted by Gasteiger charge is -2.31. The Morgan fingerprint density at radius 1 is 1.28 bits per heavy atom. The third-order valence-electron chi connectivity index (χ3n) is 6.00. The maximum atomic E-state index is 13.1. The van der Waals surface area contributed by atoms with Gasteiger partial charge in [-0.15, -0.1) is 0 Å². The number of rotatable bonds is 3. The summed E-state index contributed by atoms with van der Waals surface area (Å²) < 4.78 is 6.74. The van der Waals surface area contributed by atoms with Crippen LogP contribution in [0.2, 0.25) is 0 Å². The zero-order valence-electron chi connectivity index (χ0n) is 16.1. The van der Waals surface area contributed by atoms with Gasteiger partial charge in [-0.1, -0.05) is 13.0 Å². The molecule has 29 heavy (non-hydrogen) atoms. The van der Waals surface area contributed by atoms with Gasteiger partial charge in [-0.25, -0.2) is 9.78 Å². The predicted octanol–water partition coefficient (Wildman–Crippen LogP) is 1.58. The molecule has 0 saturated heterocycles. The van der Waals surface area contributed by atoms with Crippen LogP contribution >= 0.6 is 0 Å². The molecular weight excluding hydrogens is 370 g/mol. The van der Waals surface area contributed by atoms with E-state index in [4.69, 9.17) is 15.5 Å². The van der Waals surface area contributed by atoms with Crippen molar-refractivity contribution in [1.82, 2.24) is 9.55 Å². The lowest BCUT2D eigenvalue weighted by molar-refractivity contribution is -0.172. The molecule has 7 heteroatoms. The van der Waals surface area contributed by atoms with Crippen LogP contribution in [0.25, 0.3) is 22.3 Å². The van der Waals surface area contributed by atoms with Crippen molar-refractivity contribution in [3.63, 3.8) is 0 Å². The summed E-state index contributed by atoms with van der Waals surface area (Å²) >= 11 is 0. The Kier molecular flexibility index (Phi) is 3.88. The highest BCUT2D eigenvalue weighted by atomic mass is 16.6. The maximum absolute atomic E-state index is 13.1. The number of carbonyl (C=O) groups excluding carboxylic acids is 1. The summed E-state index contributed by atoms with van der Waals surface area (Å²) in [7, 11) is 0. The van der Waals surface area contributed by atoms with Crippen molar-refractivity contribution in [2.45, 2.75) is 38.5 Å². The van der Waals surface area contributed by atoms with Gasteiger partial charge in [0.15, 0.2) is 5.60 Å². The van der Waals surface area contributed by atoms with E-state index < -0.39 is 11.6 Å². The summed E-state index contributed by atoms with van der Waals surface area (Å²) in [6, 6.07) is 9.83. The number of carbonyl (C=O) groups is 1. The molecule has 0 spiro atoms. The van der Waals surface area contributed by atoms with E-state index in [9.17, 15) is 14.7 Å². The number of aliphatic hydroxyl groups is 1. The van der Waals surface area contributed by atoms with Crippen molar-refractivity contribution in [1.29, 1.82) is 0 Å². The number of cyclic esters (lactones) is 1. The lowest BCUT2D eigenvalue weighted by atomic mass is 9.86. The standard InChI is InChI=1S/C22H21N3O4/c1-2-22(28)16-9-18-19-14(10-25(18)20(26)15(16)11-29-21(22)27)8-13-7-12(5-6-23)3-4-17(13)24-19/h3-4,7-9,28H,2,5-6,10-11,23H2,1H3/t22-/m0/s1. The van der Waals surface area contributed by atoms with Crippen LogP contribution in [0, 0.1) is 0 Å². The molecule has 0 aliphatic carbocycles. The number of pyridine rings is 2. The lowest BCUT2D eigenvalue weighted by Crippen LogP contribution is -2.44. The first-order valence-electron chi connectivity index (χ1n) is 9.76. The van der Waals surface area contributed by atoms with Crippen molar-refractivity contribution >= 4 is 16.9 Å². The van der Waals surface area contributed by atoms with Crippen LogP contribution in [-0.2, 0) is 34.7 Å². The first-order valence-corrected chi connectivity index (χ1v) is 9.76. The number of benzene rings is 1. The summed E-state index contributed by atoms with van der Waals surface area (Å²) in [5.74, 6) is -0.714. The molecule has 0 radical (unpaired) electrons. The van der Waals surface area contributed by atoms with E-state index in [1.165, 1.54) is 0 Å². The maximum Gasteiger partial charge on any atom is 0.343 e. The molecule has 2 aliphatic heterocycles. The molecule has 148 valence electrons. The Morgan fingerprint density at radius 3 is 2.86 bits per heavy atom. The molecule has 5 rings (SSSR count). The number of nitrogens with zero attached hydrogens (tertiary/aromatic N) is 2. The number of aromatic nitrogens is 2. The summed E-state index contributed by atoms with van der Waals surface area (Å²) in [5, 5.41) is 11.9. The highest BCUT2D eigenvalue weighted by Gasteiger charge is 2.45. The molecule has 2 aliphatic rings. The van der Waals surface area contributed by atoms with Crippen LogP contribution in [0.1, 0.15) is 35.6 Å². The fourth-order valence-corrected chi connectivity index (χ4v) is 4.36. The third kappa shape index (κ3) is 2.47. The minimum absolute atomic E-state index is 0.121. The molecule has 1 aromatic carbocycles. The molecule has 7 nitrogen and oxygen atoms in total. The zero-order chi connectivity index (χ0) is 20.3. The van der Waals surface area contributed by atoms with Gasteiger partial charge in [0.25, 0.3) is 5.56 Å². The third-order valence-corrected chi connectivity index (χ3v) is 6.00. The smallest absolute Gasteiger partial charge is 0.343 e. The average Bonchev–Trinajstić information content (AvgIpc) is 3.07. The quantitative estimate of drug-likeness (QED) is 0.514. The second-order valence-corrected chi connectivity index (χ2v) is 7.66. The number of hydrogen-bond acceptors (Lipinski definition) is 6. The second-order valence-electron chi connectivity index (χ2n) is 7.66. The molecule has 0 saturated carbocycles. The topological polar surface area (TPSA) is 107 Å². The van der Waals surface area contributed by atoms with Gasteiger partial charge in [0.05, 0.1) is 29.0 Å². The number of nitrogens with two attached hydrogens (primary N) is 1. The van der Waals surface area contributed by atoms with E-state index in [2.05, 4.69) is 12.1 Å². The van der Waals surface area contributed by atoms with Crippen LogP contribution in [0.4, 0.5) is 0 Å². The Balaban J connectivity index is 1.72. The Labute approximate surface area is 166 Å². The molecule has 3 N–H and O–H groups in total. The Morgan fingerprint density at radius 2 is 2.10 bits per heavy atom. The normalized spacial score (nSPS) is 19.6. The van der Waals surface area contributed by atoms with Crippen LogP contribution in [0.15, 0.2) is 35.1 Å². The Hall–Kier alpha value is -3.03. The van der Waals surface area contributed by atoms with E-state index >= 15 is 0 Å². The van der Waals surface area contributed by atoms with E-state index in [1.807, 2.05) is 12.1 Å². The highest BCUT2D eigenvalue weighted by Crippen LogP contribution is 2.38. The molecule has 2 aromatic heterocycles. The summed E-state index contributed by atoms with van der Waals surface area (Å²) in [4.78, 5) is 30.1. The van der Waals surface area contributed by atoms with Gasteiger partial charge in [0.1, 0.15) is 6.61 Å². The van der Waals surface area contributed by atoms with Crippen LogP contribution in [0.5, 0.6) is 0 Å². The van der Waals surface area contributed by atoms with E-state index in [1.54, 1.807) is 17.6 Å². The summed E-state index contributed by atoms with van der Waals surface area (Å²) in [5.41, 5.74) is 8.52. The van der Waals surface area contributed by atoms with Crippen LogP contribution < -0.4 is 11.3 Å². The van der Waals surface area contributed by atoms with E-state index in [-0.39, 0.29) is 18.6 Å². The van der Waals surface area contributed by atoms with Gasteiger partial charge in [-0.2, -0.15) is 0 Å². The molecule has 3 aromatic rings. The van der Waals surface area contributed by atoms with Crippen molar-refractivity contribution in [3.8, 4) is 11.4 Å². The Bertz CT molecular complexity index is 1250. The average molecular weight is 391 g/mol. The molecule has 0 bridgehead atoms. The molecule has 0 fully saturated rings. The minimum atomic E-state index is -1.81. The SMILES string of the molecule is CC[C@@]1(O)C(=O)OCc2c1cc1n(c2=O)Cc2cc3cc(CCN)ccc3nc2-1. The van der Waals surface area contributed by atoms with Gasteiger partial charge in [0, 0.05) is 16.5 Å². The second kappa shape index (κ2) is 6.23. The number of ether oxygens (including phenoxy) is 1. The number of hydrogen-bond donors (Lipinski definition) is 2. The first kappa shape index (κ1) is 18.0. The van der Waals surface area contributed by atoms with Crippen LogP contribution in [-0.4, -0.2) is 27.2 Å². The number of esters is 1. The van der Waals surface area contributed by atoms with Gasteiger partial charge in [0.2, 0.25) is 0 Å². The van der Waals surface area contributed by atoms with E-state index in [0.29, 0.717) is 35.6 Å². The molecule has 1 atom stereocenters. The summed E-state index contributed by atoms with van der Waals surface area (Å²) in [6.45, 7) is 2.56. The van der Waals surface area contributed by atoms with Gasteiger partial charge in [-0.05, 0) is 49.2 Å². The number of fused-ring (bicyclic) bond motifs is 5.